The predicted octanol–water partition coefficient (Wildman–Crippen LogP) is 2.89. The minimum absolute atomic E-state index is 0.0580. The zero-order valence-corrected chi connectivity index (χ0v) is 13.7. The minimum Gasteiger partial charge on any atom is -0.310 e. The van der Waals surface area contributed by atoms with E-state index in [0.29, 0.717) is 0 Å². The molecule has 3 rings (SSSR count). The van der Waals surface area contributed by atoms with Gasteiger partial charge in [0.15, 0.2) is 0 Å². The molecular weight excluding hydrogens is 332 g/mol. The zero-order valence-electron chi connectivity index (χ0n) is 12.1. The van der Waals surface area contributed by atoms with E-state index >= 15 is 0 Å². The number of halogens is 1. The number of benzene rings is 1. The smallest absolute Gasteiger partial charge is 0.251 e. The number of hydrogen-bond acceptors (Lipinski definition) is 3. The molecule has 5 nitrogen and oxygen atoms in total. The van der Waals surface area contributed by atoms with Crippen LogP contribution < -0.4 is 4.90 Å². The van der Waals surface area contributed by atoms with Crippen LogP contribution in [-0.4, -0.2) is 27.2 Å². The molecular formula is C15H17BrN4O. The van der Waals surface area contributed by atoms with E-state index < -0.39 is 0 Å². The molecule has 2 aromatic rings. The first kappa shape index (κ1) is 14.3. The van der Waals surface area contributed by atoms with Crippen LogP contribution in [0, 0.1) is 6.92 Å². The summed E-state index contributed by atoms with van der Waals surface area (Å²) in [6.45, 7) is 4.66. The van der Waals surface area contributed by atoms with Crippen molar-refractivity contribution in [1.82, 2.24) is 14.8 Å². The van der Waals surface area contributed by atoms with Gasteiger partial charge in [0.2, 0.25) is 0 Å². The molecule has 1 aliphatic rings. The second-order valence-corrected chi connectivity index (χ2v) is 6.19. The number of fused-ring (bicyclic) bond motifs is 1. The van der Waals surface area contributed by atoms with Crippen LogP contribution in [0.3, 0.4) is 0 Å². The fourth-order valence-corrected chi connectivity index (χ4v) is 3.36. The van der Waals surface area contributed by atoms with Crippen molar-refractivity contribution in [2.75, 3.05) is 11.4 Å². The number of anilines is 1. The van der Waals surface area contributed by atoms with Crippen molar-refractivity contribution in [3.8, 4) is 0 Å². The molecule has 0 saturated carbocycles. The lowest BCUT2D eigenvalue weighted by Gasteiger charge is -2.33. The molecule has 0 radical (unpaired) electrons. The SMILES string of the molecule is Cc1ccc(Br)c2c1N(C(=O)[C@H](C)n1cncn1)CCC2. The monoisotopic (exact) mass is 348 g/mol. The van der Waals surface area contributed by atoms with E-state index in [0.717, 1.165) is 35.1 Å². The van der Waals surface area contributed by atoms with Crippen LogP contribution in [0.25, 0.3) is 0 Å². The van der Waals surface area contributed by atoms with E-state index in [4.69, 9.17) is 0 Å². The standard InChI is InChI=1S/C15H17BrN4O/c1-10-5-6-13(16)12-4-3-7-19(14(10)12)15(21)11(2)20-9-17-8-18-20/h5-6,8-9,11H,3-4,7H2,1-2H3/t11-/m0/s1. The number of nitrogens with zero attached hydrogens (tertiary/aromatic N) is 4. The molecule has 1 atom stereocenters. The van der Waals surface area contributed by atoms with Gasteiger partial charge in [-0.15, -0.1) is 0 Å². The summed E-state index contributed by atoms with van der Waals surface area (Å²) in [5.74, 6) is 0.0580. The predicted molar refractivity (Wildman–Crippen MR) is 84.3 cm³/mol. The third kappa shape index (κ3) is 2.48. The largest absolute Gasteiger partial charge is 0.310 e. The maximum atomic E-state index is 12.8. The number of hydrogen-bond donors (Lipinski definition) is 0. The Morgan fingerprint density at radius 1 is 1.43 bits per heavy atom. The quantitative estimate of drug-likeness (QED) is 0.838. The molecule has 0 aliphatic carbocycles. The van der Waals surface area contributed by atoms with Crippen molar-refractivity contribution in [2.24, 2.45) is 0 Å². The first-order chi connectivity index (χ1) is 10.1. The first-order valence-corrected chi connectivity index (χ1v) is 7.82. The average Bonchev–Trinajstić information content (AvgIpc) is 3.03. The molecule has 0 spiro atoms. The number of amides is 1. The summed E-state index contributed by atoms with van der Waals surface area (Å²) in [5, 5.41) is 4.08. The average molecular weight is 349 g/mol. The van der Waals surface area contributed by atoms with E-state index in [2.05, 4.69) is 45.1 Å². The Hall–Kier alpha value is -1.69. The van der Waals surface area contributed by atoms with Gasteiger partial charge in [0.05, 0.1) is 5.69 Å². The maximum absolute atomic E-state index is 12.8. The summed E-state index contributed by atoms with van der Waals surface area (Å²) < 4.78 is 2.68. The lowest BCUT2D eigenvalue weighted by atomic mass is 9.97. The topological polar surface area (TPSA) is 51.0 Å². The zero-order chi connectivity index (χ0) is 15.0. The van der Waals surface area contributed by atoms with E-state index in [1.54, 1.807) is 11.0 Å². The highest BCUT2D eigenvalue weighted by molar-refractivity contribution is 9.10. The number of aromatic nitrogens is 3. The van der Waals surface area contributed by atoms with Gasteiger partial charge in [-0.1, -0.05) is 22.0 Å². The van der Waals surface area contributed by atoms with Crippen LogP contribution >= 0.6 is 15.9 Å². The number of aryl methyl sites for hydroxylation is 1. The van der Waals surface area contributed by atoms with Crippen molar-refractivity contribution in [2.45, 2.75) is 32.7 Å². The highest BCUT2D eigenvalue weighted by Crippen LogP contribution is 2.36. The van der Waals surface area contributed by atoms with Crippen LogP contribution in [0.1, 0.15) is 30.5 Å². The first-order valence-electron chi connectivity index (χ1n) is 7.03. The van der Waals surface area contributed by atoms with Crippen LogP contribution in [-0.2, 0) is 11.2 Å². The van der Waals surface area contributed by atoms with E-state index in [1.807, 2.05) is 11.8 Å². The molecule has 0 saturated heterocycles. The van der Waals surface area contributed by atoms with Gasteiger partial charge in [-0.2, -0.15) is 5.10 Å². The van der Waals surface area contributed by atoms with Crippen molar-refractivity contribution < 1.29 is 4.79 Å². The molecule has 1 amide bonds. The Balaban J connectivity index is 1.99. The second kappa shape index (κ2) is 5.60. The van der Waals surface area contributed by atoms with Crippen molar-refractivity contribution in [1.29, 1.82) is 0 Å². The second-order valence-electron chi connectivity index (χ2n) is 5.34. The molecule has 0 N–H and O–H groups in total. The Kier molecular flexibility index (Phi) is 3.80. The third-order valence-electron chi connectivity index (χ3n) is 3.96. The molecule has 0 bridgehead atoms. The van der Waals surface area contributed by atoms with E-state index in [-0.39, 0.29) is 11.9 Å². The highest BCUT2D eigenvalue weighted by Gasteiger charge is 2.29. The van der Waals surface area contributed by atoms with Crippen LogP contribution in [0.15, 0.2) is 29.3 Å². The Morgan fingerprint density at radius 3 is 2.95 bits per heavy atom. The normalized spacial score (nSPS) is 15.7. The maximum Gasteiger partial charge on any atom is 0.251 e. The molecule has 110 valence electrons. The lowest BCUT2D eigenvalue weighted by molar-refractivity contribution is -0.121. The summed E-state index contributed by atoms with van der Waals surface area (Å²) in [6, 6.07) is 3.76. The summed E-state index contributed by atoms with van der Waals surface area (Å²) in [7, 11) is 0. The van der Waals surface area contributed by atoms with Crippen LogP contribution in [0.5, 0.6) is 0 Å². The number of carbonyl (C=O) groups excluding carboxylic acids is 1. The highest BCUT2D eigenvalue weighted by atomic mass is 79.9. The summed E-state index contributed by atoms with van der Waals surface area (Å²) >= 11 is 3.60. The van der Waals surface area contributed by atoms with Gasteiger partial charge in [0, 0.05) is 11.0 Å². The molecule has 1 aromatic carbocycles. The minimum atomic E-state index is -0.350. The van der Waals surface area contributed by atoms with E-state index in [1.165, 1.54) is 11.9 Å². The molecule has 0 unspecified atom stereocenters. The molecule has 1 aromatic heterocycles. The van der Waals surface area contributed by atoms with Gasteiger partial charge in [-0.3, -0.25) is 4.79 Å². The Morgan fingerprint density at radius 2 is 2.24 bits per heavy atom. The fourth-order valence-electron chi connectivity index (χ4n) is 2.84. The summed E-state index contributed by atoms with van der Waals surface area (Å²) in [4.78, 5) is 18.7. The lowest BCUT2D eigenvalue weighted by Crippen LogP contribution is -2.40. The molecule has 0 fully saturated rings. The third-order valence-corrected chi connectivity index (χ3v) is 4.71. The molecule has 21 heavy (non-hydrogen) atoms. The molecule has 2 heterocycles. The summed E-state index contributed by atoms with van der Waals surface area (Å²) in [6.07, 6.45) is 5.01. The van der Waals surface area contributed by atoms with Crippen LogP contribution in [0.4, 0.5) is 5.69 Å². The molecule has 6 heteroatoms. The Labute approximate surface area is 132 Å². The van der Waals surface area contributed by atoms with Crippen molar-refractivity contribution in [3.63, 3.8) is 0 Å². The van der Waals surface area contributed by atoms with Gasteiger partial charge >= 0.3 is 0 Å². The number of carbonyl (C=O) groups is 1. The summed E-state index contributed by atoms with van der Waals surface area (Å²) in [5.41, 5.74) is 3.40. The Bertz CT molecular complexity index is 669. The fraction of sp³-hybridized carbons (Fsp3) is 0.400. The van der Waals surface area contributed by atoms with Gasteiger partial charge < -0.3 is 4.90 Å². The van der Waals surface area contributed by atoms with Gasteiger partial charge in [0.25, 0.3) is 5.91 Å². The molecule has 1 aliphatic heterocycles. The van der Waals surface area contributed by atoms with Gasteiger partial charge in [-0.25, -0.2) is 9.67 Å². The number of rotatable bonds is 2. The van der Waals surface area contributed by atoms with Crippen molar-refractivity contribution in [3.05, 3.63) is 40.4 Å². The van der Waals surface area contributed by atoms with Crippen LogP contribution in [0.2, 0.25) is 0 Å². The van der Waals surface area contributed by atoms with Crippen molar-refractivity contribution >= 4 is 27.5 Å². The van der Waals surface area contributed by atoms with Gasteiger partial charge in [-0.05, 0) is 43.9 Å². The van der Waals surface area contributed by atoms with E-state index in [9.17, 15) is 4.79 Å². The van der Waals surface area contributed by atoms with Gasteiger partial charge in [0.1, 0.15) is 18.7 Å².